The summed E-state index contributed by atoms with van der Waals surface area (Å²) in [6.07, 6.45) is 5.06. The van der Waals surface area contributed by atoms with Crippen LogP contribution in [-0.4, -0.2) is 41.1 Å². The van der Waals surface area contributed by atoms with Crippen molar-refractivity contribution in [3.05, 3.63) is 41.7 Å². The van der Waals surface area contributed by atoms with E-state index >= 15 is 0 Å². The summed E-state index contributed by atoms with van der Waals surface area (Å²) in [6.45, 7) is 1.41. The number of nitrogens with zero attached hydrogens (tertiary/aromatic N) is 3. The molecule has 3 aromatic rings. The zero-order valence-corrected chi connectivity index (χ0v) is 15.9. The molecular weight excluding hydrogens is 358 g/mol. The quantitative estimate of drug-likeness (QED) is 0.669. The first-order chi connectivity index (χ1) is 13.7. The van der Waals surface area contributed by atoms with Crippen LogP contribution in [0.25, 0.3) is 11.0 Å². The van der Waals surface area contributed by atoms with Crippen molar-refractivity contribution in [2.75, 3.05) is 20.2 Å². The van der Waals surface area contributed by atoms with Crippen LogP contribution in [0.2, 0.25) is 0 Å². The fraction of sp³-hybridized carbons (Fsp3) is 0.476. The Labute approximate surface area is 162 Å². The molecule has 1 amide bonds. The smallest absolute Gasteiger partial charge is 0.289 e. The lowest BCUT2D eigenvalue weighted by Crippen LogP contribution is -2.40. The molecule has 28 heavy (non-hydrogen) atoms. The van der Waals surface area contributed by atoms with Gasteiger partial charge in [-0.05, 0) is 43.7 Å². The molecule has 1 aliphatic heterocycles. The zero-order chi connectivity index (χ0) is 19.1. The van der Waals surface area contributed by atoms with Crippen molar-refractivity contribution in [2.45, 2.75) is 38.0 Å². The number of carbonyl (C=O) groups excluding carboxylic acids is 1. The van der Waals surface area contributed by atoms with Gasteiger partial charge < -0.3 is 18.6 Å². The molecule has 1 saturated carbocycles. The molecule has 0 N–H and O–H groups in total. The van der Waals surface area contributed by atoms with Crippen LogP contribution in [0.5, 0.6) is 5.75 Å². The van der Waals surface area contributed by atoms with Crippen molar-refractivity contribution in [3.8, 4) is 5.75 Å². The Morgan fingerprint density at radius 3 is 3.04 bits per heavy atom. The summed E-state index contributed by atoms with van der Waals surface area (Å²) in [4.78, 5) is 19.4. The first-order valence-electron chi connectivity index (χ1n) is 9.89. The molecule has 1 aliphatic carbocycles. The average Bonchev–Trinajstić information content (AvgIpc) is 3.31. The minimum Gasteiger partial charge on any atom is -0.493 e. The number of piperidine rings is 1. The van der Waals surface area contributed by atoms with E-state index in [9.17, 15) is 4.79 Å². The molecule has 146 valence electrons. The minimum absolute atomic E-state index is 0.0767. The maximum absolute atomic E-state index is 13.0. The maximum Gasteiger partial charge on any atom is 0.289 e. The molecule has 3 heterocycles. The van der Waals surface area contributed by atoms with Crippen LogP contribution in [0.3, 0.4) is 0 Å². The van der Waals surface area contributed by atoms with Crippen LogP contribution in [-0.2, 0) is 6.42 Å². The van der Waals surface area contributed by atoms with Gasteiger partial charge in [0, 0.05) is 30.8 Å². The second-order valence-electron chi connectivity index (χ2n) is 7.77. The number of likely N-dealkylation sites (tertiary alicyclic amines) is 1. The molecule has 7 heteroatoms. The summed E-state index contributed by atoms with van der Waals surface area (Å²) in [7, 11) is 1.60. The van der Waals surface area contributed by atoms with Crippen LogP contribution in [0.1, 0.15) is 53.9 Å². The molecule has 1 aromatic carbocycles. The van der Waals surface area contributed by atoms with Crippen molar-refractivity contribution < 1.29 is 18.5 Å². The predicted molar refractivity (Wildman–Crippen MR) is 101 cm³/mol. The maximum atomic E-state index is 13.0. The number of furan rings is 1. The number of benzene rings is 1. The normalized spacial score (nSPS) is 19.9. The van der Waals surface area contributed by atoms with Crippen LogP contribution in [0, 0.1) is 5.92 Å². The Morgan fingerprint density at radius 1 is 1.32 bits per heavy atom. The van der Waals surface area contributed by atoms with Crippen LogP contribution in [0.15, 0.2) is 33.2 Å². The van der Waals surface area contributed by atoms with Crippen molar-refractivity contribution >= 4 is 16.9 Å². The lowest BCUT2D eigenvalue weighted by molar-refractivity contribution is 0.0638. The van der Waals surface area contributed by atoms with Crippen molar-refractivity contribution in [2.24, 2.45) is 5.92 Å². The van der Waals surface area contributed by atoms with Crippen molar-refractivity contribution in [1.82, 2.24) is 15.0 Å². The van der Waals surface area contributed by atoms with Gasteiger partial charge in [-0.1, -0.05) is 17.3 Å². The molecule has 0 radical (unpaired) electrons. The molecule has 2 aromatic heterocycles. The summed E-state index contributed by atoms with van der Waals surface area (Å²) in [5, 5.41) is 4.96. The van der Waals surface area contributed by atoms with E-state index in [1.807, 2.05) is 23.1 Å². The standard InChI is InChI=1S/C21H23N3O4/c1-26-16-6-2-5-15-11-17(27-19(15)16)21(25)24-9-3-4-13(12-24)10-18-22-20(23-28-18)14-7-8-14/h2,5-6,11,13-14H,3-4,7-10,12H2,1H3/t13-/m0/s1. The Hall–Kier alpha value is -2.83. The predicted octanol–water partition coefficient (Wildman–Crippen LogP) is 3.80. The van der Waals surface area contributed by atoms with E-state index in [0.29, 0.717) is 41.4 Å². The highest BCUT2D eigenvalue weighted by Crippen LogP contribution is 2.38. The first kappa shape index (κ1) is 17.3. The number of rotatable bonds is 5. The molecule has 0 spiro atoms. The highest BCUT2D eigenvalue weighted by atomic mass is 16.5. The summed E-state index contributed by atoms with van der Waals surface area (Å²) < 4.78 is 16.6. The molecule has 0 bridgehead atoms. The van der Waals surface area contributed by atoms with Gasteiger partial charge in [0.2, 0.25) is 5.89 Å². The van der Waals surface area contributed by atoms with Gasteiger partial charge in [-0.25, -0.2) is 0 Å². The van der Waals surface area contributed by atoms with E-state index in [0.717, 1.165) is 49.9 Å². The Bertz CT molecular complexity index is 1000. The second-order valence-corrected chi connectivity index (χ2v) is 7.77. The molecule has 1 saturated heterocycles. The Morgan fingerprint density at radius 2 is 2.21 bits per heavy atom. The number of hydrogen-bond donors (Lipinski definition) is 0. The molecule has 0 unspecified atom stereocenters. The highest BCUT2D eigenvalue weighted by Gasteiger charge is 2.31. The number of amides is 1. The van der Waals surface area contributed by atoms with Gasteiger partial charge in [0.25, 0.3) is 5.91 Å². The number of aromatic nitrogens is 2. The van der Waals surface area contributed by atoms with E-state index in [2.05, 4.69) is 10.1 Å². The van der Waals surface area contributed by atoms with Crippen LogP contribution < -0.4 is 4.74 Å². The van der Waals surface area contributed by atoms with Gasteiger partial charge in [-0.15, -0.1) is 0 Å². The monoisotopic (exact) mass is 381 g/mol. The number of ether oxygens (including phenoxy) is 1. The fourth-order valence-electron chi connectivity index (χ4n) is 3.98. The third kappa shape index (κ3) is 3.25. The summed E-state index contributed by atoms with van der Waals surface area (Å²) in [5.41, 5.74) is 0.611. The average molecular weight is 381 g/mol. The minimum atomic E-state index is -0.0767. The Kier molecular flexibility index (Phi) is 4.30. The summed E-state index contributed by atoms with van der Waals surface area (Å²) >= 11 is 0. The SMILES string of the molecule is COc1cccc2cc(C(=O)N3CCC[C@@H](Cc4nc(C5CC5)no4)C3)oc12. The van der Waals surface area contributed by atoms with Gasteiger partial charge in [0.15, 0.2) is 22.9 Å². The topological polar surface area (TPSA) is 81.6 Å². The first-order valence-corrected chi connectivity index (χ1v) is 9.89. The van der Waals surface area contributed by atoms with E-state index in [1.165, 1.54) is 0 Å². The van der Waals surface area contributed by atoms with Gasteiger partial charge >= 0.3 is 0 Å². The van der Waals surface area contributed by atoms with E-state index in [-0.39, 0.29) is 5.91 Å². The number of hydrogen-bond acceptors (Lipinski definition) is 6. The third-order valence-corrected chi connectivity index (χ3v) is 5.63. The van der Waals surface area contributed by atoms with Crippen LogP contribution >= 0.6 is 0 Å². The van der Waals surface area contributed by atoms with Crippen LogP contribution in [0.4, 0.5) is 0 Å². The van der Waals surface area contributed by atoms with Gasteiger partial charge in [-0.2, -0.15) is 4.98 Å². The highest BCUT2D eigenvalue weighted by molar-refractivity contribution is 5.97. The van der Waals surface area contributed by atoms with Crippen molar-refractivity contribution in [1.29, 1.82) is 0 Å². The third-order valence-electron chi connectivity index (χ3n) is 5.63. The number of methoxy groups -OCH3 is 1. The molecular formula is C21H23N3O4. The lowest BCUT2D eigenvalue weighted by Gasteiger charge is -2.31. The second kappa shape index (κ2) is 6.96. The van der Waals surface area contributed by atoms with Gasteiger partial charge in [-0.3, -0.25) is 4.79 Å². The Balaban J connectivity index is 1.29. The van der Waals surface area contributed by atoms with E-state index in [1.54, 1.807) is 13.2 Å². The lowest BCUT2D eigenvalue weighted by atomic mass is 9.94. The van der Waals surface area contributed by atoms with Gasteiger partial charge in [0.1, 0.15) is 0 Å². The molecule has 5 rings (SSSR count). The molecule has 7 nitrogen and oxygen atoms in total. The largest absolute Gasteiger partial charge is 0.493 e. The summed E-state index contributed by atoms with van der Waals surface area (Å²) in [6, 6.07) is 7.44. The van der Waals surface area contributed by atoms with Gasteiger partial charge in [0.05, 0.1) is 7.11 Å². The number of carbonyl (C=O) groups is 1. The molecule has 2 fully saturated rings. The fourth-order valence-corrected chi connectivity index (χ4v) is 3.98. The number of fused-ring (bicyclic) bond motifs is 1. The van der Waals surface area contributed by atoms with E-state index < -0.39 is 0 Å². The molecule has 2 aliphatic rings. The summed E-state index contributed by atoms with van der Waals surface area (Å²) in [5.74, 6) is 3.26. The molecule has 1 atom stereocenters. The zero-order valence-electron chi connectivity index (χ0n) is 15.9. The van der Waals surface area contributed by atoms with E-state index in [4.69, 9.17) is 13.7 Å². The number of para-hydroxylation sites is 1. The van der Waals surface area contributed by atoms with Crippen molar-refractivity contribution in [3.63, 3.8) is 0 Å².